The fourth-order valence-corrected chi connectivity index (χ4v) is 8.39. The molecule has 25 heavy (non-hydrogen) atoms. The minimum atomic E-state index is -0.206. The maximum Gasteiger partial charge on any atom is 0.232 e. The largest absolute Gasteiger partial charge is 0.301 e. The van der Waals surface area contributed by atoms with Gasteiger partial charge >= 0.3 is 0 Å². The SMILES string of the molecule is Cc1nc(NC(=O)C23CC4CC(C)(CC(C)(C4)C2)C3)sc1SCC#N. The fraction of sp³-hybridized carbons (Fsp3) is 0.737. The fourth-order valence-electron chi connectivity index (χ4n) is 6.60. The van der Waals surface area contributed by atoms with Crippen molar-refractivity contribution in [3.05, 3.63) is 5.69 Å². The number of anilines is 1. The first-order chi connectivity index (χ1) is 11.7. The van der Waals surface area contributed by atoms with Crippen molar-refractivity contribution in [1.82, 2.24) is 4.98 Å². The van der Waals surface area contributed by atoms with Gasteiger partial charge in [-0.05, 0) is 62.2 Å². The van der Waals surface area contributed by atoms with Crippen LogP contribution < -0.4 is 5.32 Å². The van der Waals surface area contributed by atoms with E-state index in [0.29, 0.717) is 27.6 Å². The number of hydrogen-bond acceptors (Lipinski definition) is 5. The van der Waals surface area contributed by atoms with Gasteiger partial charge in [0, 0.05) is 0 Å². The lowest BCUT2D eigenvalue weighted by molar-refractivity contribution is -0.165. The highest BCUT2D eigenvalue weighted by Gasteiger charge is 2.62. The summed E-state index contributed by atoms with van der Waals surface area (Å²) >= 11 is 3.00. The van der Waals surface area contributed by atoms with Crippen LogP contribution in [0.3, 0.4) is 0 Å². The van der Waals surface area contributed by atoms with Crippen LogP contribution in [0, 0.1) is 40.4 Å². The van der Waals surface area contributed by atoms with Crippen molar-refractivity contribution in [2.75, 3.05) is 11.1 Å². The maximum absolute atomic E-state index is 13.3. The van der Waals surface area contributed by atoms with E-state index in [0.717, 1.165) is 29.2 Å². The van der Waals surface area contributed by atoms with Crippen LogP contribution in [0.2, 0.25) is 0 Å². The van der Waals surface area contributed by atoms with E-state index in [1.165, 1.54) is 42.4 Å². The van der Waals surface area contributed by atoms with Crippen LogP contribution in [0.4, 0.5) is 5.13 Å². The monoisotopic (exact) mass is 375 g/mol. The third-order valence-corrected chi connectivity index (χ3v) is 8.65. The number of rotatable bonds is 4. The van der Waals surface area contributed by atoms with Crippen LogP contribution in [-0.4, -0.2) is 16.6 Å². The highest BCUT2D eigenvalue weighted by Crippen LogP contribution is 2.69. The van der Waals surface area contributed by atoms with Gasteiger partial charge in [0.05, 0.1) is 27.1 Å². The summed E-state index contributed by atoms with van der Waals surface area (Å²) in [6.45, 7) is 6.72. The molecule has 4 saturated carbocycles. The molecule has 0 saturated heterocycles. The Morgan fingerprint density at radius 1 is 1.32 bits per heavy atom. The first-order valence-electron chi connectivity index (χ1n) is 9.04. The Balaban J connectivity index is 1.55. The van der Waals surface area contributed by atoms with E-state index in [1.54, 1.807) is 0 Å². The lowest BCUT2D eigenvalue weighted by Gasteiger charge is -2.64. The number of amides is 1. The number of nitriles is 1. The zero-order chi connectivity index (χ0) is 17.9. The number of nitrogens with one attached hydrogen (secondary N) is 1. The molecular formula is C19H25N3OS2. The Morgan fingerprint density at radius 3 is 2.60 bits per heavy atom. The van der Waals surface area contributed by atoms with Crippen LogP contribution in [0.25, 0.3) is 0 Å². The standard InChI is InChI=1S/C19H25N3OS2/c1-12-14(24-5-4-20)25-16(21-12)22-15(23)19-8-13-6-17(2,10-19)9-18(3,7-13)11-19/h13H,5-11H2,1-3H3,(H,21,22,23). The Labute approximate surface area is 157 Å². The molecule has 1 aromatic heterocycles. The van der Waals surface area contributed by atoms with Gasteiger partial charge in [0.15, 0.2) is 5.13 Å². The summed E-state index contributed by atoms with van der Waals surface area (Å²) in [5.74, 6) is 1.30. The topological polar surface area (TPSA) is 65.8 Å². The van der Waals surface area contributed by atoms with Gasteiger partial charge in [-0.3, -0.25) is 4.79 Å². The van der Waals surface area contributed by atoms with Crippen molar-refractivity contribution in [2.24, 2.45) is 22.2 Å². The summed E-state index contributed by atoms with van der Waals surface area (Å²) in [6.07, 6.45) is 6.96. The Kier molecular flexibility index (Phi) is 3.97. The van der Waals surface area contributed by atoms with Crippen LogP contribution in [0.15, 0.2) is 4.21 Å². The third-order valence-electron chi connectivity index (χ3n) is 6.35. The van der Waals surface area contributed by atoms with Crippen molar-refractivity contribution in [3.8, 4) is 6.07 Å². The average molecular weight is 376 g/mol. The molecule has 0 aliphatic heterocycles. The normalized spacial score (nSPS) is 38.6. The van der Waals surface area contributed by atoms with Crippen LogP contribution in [0.5, 0.6) is 0 Å². The second-order valence-corrected chi connectivity index (χ2v) is 11.4. The van der Waals surface area contributed by atoms with E-state index in [9.17, 15) is 4.79 Å². The molecule has 4 nitrogen and oxygen atoms in total. The molecule has 0 radical (unpaired) electrons. The van der Waals surface area contributed by atoms with Gasteiger partial charge in [-0.1, -0.05) is 36.9 Å². The minimum Gasteiger partial charge on any atom is -0.301 e. The summed E-state index contributed by atoms with van der Waals surface area (Å²) < 4.78 is 1.03. The molecule has 0 aromatic carbocycles. The minimum absolute atomic E-state index is 0.180. The average Bonchev–Trinajstić information content (AvgIpc) is 2.81. The van der Waals surface area contributed by atoms with Crippen LogP contribution in [0.1, 0.15) is 58.1 Å². The van der Waals surface area contributed by atoms with Gasteiger partial charge in [-0.2, -0.15) is 5.26 Å². The predicted octanol–water partition coefficient (Wildman–Crippen LogP) is 5.00. The number of carbonyl (C=O) groups is 1. The number of aromatic nitrogens is 1. The van der Waals surface area contributed by atoms with Crippen LogP contribution >= 0.6 is 23.1 Å². The summed E-state index contributed by atoms with van der Waals surface area (Å²) in [7, 11) is 0. The Morgan fingerprint density at radius 2 is 2.00 bits per heavy atom. The van der Waals surface area contributed by atoms with Gasteiger partial charge in [-0.25, -0.2) is 4.98 Å². The number of nitrogens with zero attached hydrogens (tertiary/aromatic N) is 2. The van der Waals surface area contributed by atoms with Gasteiger partial charge < -0.3 is 5.32 Å². The van der Waals surface area contributed by atoms with Crippen molar-refractivity contribution >= 4 is 34.1 Å². The van der Waals surface area contributed by atoms with E-state index in [4.69, 9.17) is 5.26 Å². The zero-order valence-corrected chi connectivity index (χ0v) is 16.8. The number of thiazole rings is 1. The lowest BCUT2D eigenvalue weighted by Crippen LogP contribution is -2.58. The highest BCUT2D eigenvalue weighted by molar-refractivity contribution is 8.01. The van der Waals surface area contributed by atoms with E-state index < -0.39 is 0 Å². The number of hydrogen-bond donors (Lipinski definition) is 1. The number of aryl methyl sites for hydroxylation is 1. The molecule has 4 fully saturated rings. The van der Waals surface area contributed by atoms with Crippen LogP contribution in [-0.2, 0) is 4.79 Å². The van der Waals surface area contributed by atoms with Crippen molar-refractivity contribution < 1.29 is 4.79 Å². The Bertz CT molecular complexity index is 747. The second-order valence-electron chi connectivity index (χ2n) is 9.20. The maximum atomic E-state index is 13.3. The predicted molar refractivity (Wildman–Crippen MR) is 102 cm³/mol. The van der Waals surface area contributed by atoms with Crippen molar-refractivity contribution in [3.63, 3.8) is 0 Å². The van der Waals surface area contributed by atoms with Crippen molar-refractivity contribution in [1.29, 1.82) is 5.26 Å². The quantitative estimate of drug-likeness (QED) is 0.752. The molecular weight excluding hydrogens is 350 g/mol. The molecule has 134 valence electrons. The summed E-state index contributed by atoms with van der Waals surface area (Å²) in [4.78, 5) is 17.8. The molecule has 2 atom stereocenters. The molecule has 1 amide bonds. The number of carbonyl (C=O) groups excluding carboxylic acids is 1. The van der Waals surface area contributed by atoms with Gasteiger partial charge in [-0.15, -0.1) is 0 Å². The van der Waals surface area contributed by atoms with E-state index >= 15 is 0 Å². The molecule has 1 N–H and O–H groups in total. The molecule has 1 heterocycles. The molecule has 4 bridgehead atoms. The molecule has 6 heteroatoms. The van der Waals surface area contributed by atoms with E-state index in [1.807, 2.05) is 6.92 Å². The van der Waals surface area contributed by atoms with E-state index in [2.05, 4.69) is 30.2 Å². The first kappa shape index (κ1) is 17.4. The summed E-state index contributed by atoms with van der Waals surface area (Å²) in [6, 6.07) is 2.15. The summed E-state index contributed by atoms with van der Waals surface area (Å²) in [5, 5.41) is 12.6. The van der Waals surface area contributed by atoms with Gasteiger partial charge in [0.25, 0.3) is 0 Å². The molecule has 5 rings (SSSR count). The molecule has 4 aliphatic rings. The highest BCUT2D eigenvalue weighted by atomic mass is 32.2. The smallest absolute Gasteiger partial charge is 0.232 e. The molecule has 0 spiro atoms. The third kappa shape index (κ3) is 3.00. The molecule has 2 unspecified atom stereocenters. The first-order valence-corrected chi connectivity index (χ1v) is 10.8. The van der Waals surface area contributed by atoms with E-state index in [-0.39, 0.29) is 11.3 Å². The second kappa shape index (κ2) is 5.72. The van der Waals surface area contributed by atoms with Gasteiger partial charge in [0.1, 0.15) is 0 Å². The number of thioether (sulfide) groups is 1. The molecule has 1 aromatic rings. The van der Waals surface area contributed by atoms with Gasteiger partial charge in [0.2, 0.25) is 5.91 Å². The Hall–Kier alpha value is -1.06. The summed E-state index contributed by atoms with van der Waals surface area (Å²) in [5.41, 5.74) is 1.36. The zero-order valence-electron chi connectivity index (χ0n) is 15.1. The molecule has 4 aliphatic carbocycles. The lowest BCUT2D eigenvalue weighted by atomic mass is 9.40. The van der Waals surface area contributed by atoms with Crippen molar-refractivity contribution in [2.45, 2.75) is 63.5 Å².